The van der Waals surface area contributed by atoms with Crippen LogP contribution in [0.25, 0.3) is 10.9 Å². The predicted molar refractivity (Wildman–Crippen MR) is 107 cm³/mol. The van der Waals surface area contributed by atoms with E-state index in [1.54, 1.807) is 7.11 Å². The summed E-state index contributed by atoms with van der Waals surface area (Å²) in [4.78, 5) is 10.4. The monoisotopic (exact) mass is 365 g/mol. The number of methoxy groups -OCH3 is 1. The van der Waals surface area contributed by atoms with Crippen LogP contribution < -0.4 is 4.74 Å². The van der Waals surface area contributed by atoms with Gasteiger partial charge in [0, 0.05) is 35.9 Å². The van der Waals surface area contributed by atoms with Crippen LogP contribution in [0.15, 0.2) is 42.6 Å². The fraction of sp³-hybridized carbons (Fsp3) is 0.409. The van der Waals surface area contributed by atoms with Crippen molar-refractivity contribution in [3.05, 3.63) is 59.5 Å². The molecule has 1 N–H and O–H groups in total. The van der Waals surface area contributed by atoms with Crippen LogP contribution in [-0.4, -0.2) is 41.2 Å². The summed E-state index contributed by atoms with van der Waals surface area (Å²) in [5.74, 6) is 0.900. The van der Waals surface area contributed by atoms with E-state index >= 15 is 0 Å². The van der Waals surface area contributed by atoms with E-state index in [1.165, 1.54) is 28.6 Å². The van der Waals surface area contributed by atoms with Crippen molar-refractivity contribution in [3.63, 3.8) is 0 Å². The van der Waals surface area contributed by atoms with E-state index in [-0.39, 0.29) is 6.10 Å². The first-order chi connectivity index (χ1) is 13.2. The molecule has 3 aromatic rings. The van der Waals surface area contributed by atoms with Crippen molar-refractivity contribution in [2.75, 3.05) is 20.2 Å². The van der Waals surface area contributed by atoms with Crippen molar-refractivity contribution in [1.29, 1.82) is 0 Å². The molecular weight excluding hydrogens is 338 g/mol. The second kappa shape index (κ2) is 8.11. The Hall–Kier alpha value is -2.37. The highest BCUT2D eigenvalue weighted by molar-refractivity contribution is 5.85. The summed E-state index contributed by atoms with van der Waals surface area (Å²) in [6, 6.07) is 12.2. The molecule has 1 aliphatic heterocycles. The van der Waals surface area contributed by atoms with E-state index in [4.69, 9.17) is 9.47 Å². The van der Waals surface area contributed by atoms with Crippen molar-refractivity contribution in [3.8, 4) is 5.75 Å². The van der Waals surface area contributed by atoms with E-state index in [2.05, 4.69) is 33.9 Å². The summed E-state index contributed by atoms with van der Waals surface area (Å²) >= 11 is 0. The predicted octanol–water partition coefficient (Wildman–Crippen LogP) is 4.06. The third-order valence-corrected chi connectivity index (χ3v) is 5.41. The van der Waals surface area contributed by atoms with Gasteiger partial charge in [-0.3, -0.25) is 9.88 Å². The van der Waals surface area contributed by atoms with Crippen LogP contribution in [0, 0.1) is 6.92 Å². The third kappa shape index (κ3) is 4.15. The fourth-order valence-electron chi connectivity index (χ4n) is 3.85. The van der Waals surface area contributed by atoms with E-state index in [9.17, 15) is 0 Å². The molecule has 1 saturated heterocycles. The number of benzene rings is 1. The van der Waals surface area contributed by atoms with Crippen molar-refractivity contribution >= 4 is 10.9 Å². The first kappa shape index (κ1) is 18.0. The molecule has 1 aliphatic rings. The zero-order valence-electron chi connectivity index (χ0n) is 16.1. The SMILES string of the molecule is COc1ccc2[nH]c(CN3CCC[C@H](OCc4ccccn4)C3)c(C)c2c1. The van der Waals surface area contributed by atoms with Crippen molar-refractivity contribution in [1.82, 2.24) is 14.9 Å². The molecule has 142 valence electrons. The lowest BCUT2D eigenvalue weighted by molar-refractivity contribution is -0.0135. The van der Waals surface area contributed by atoms with Crippen LogP contribution in [0.5, 0.6) is 5.75 Å². The zero-order valence-corrected chi connectivity index (χ0v) is 16.1. The molecule has 5 heteroatoms. The molecule has 1 fully saturated rings. The van der Waals surface area contributed by atoms with Crippen molar-refractivity contribution in [2.45, 2.75) is 39.0 Å². The number of piperidine rings is 1. The maximum atomic E-state index is 6.13. The highest BCUT2D eigenvalue weighted by Gasteiger charge is 2.22. The zero-order chi connectivity index (χ0) is 18.6. The summed E-state index contributed by atoms with van der Waals surface area (Å²) in [5.41, 5.74) is 4.75. The number of ether oxygens (including phenoxy) is 2. The molecule has 0 unspecified atom stereocenters. The molecule has 2 aromatic heterocycles. The Labute approximate surface area is 160 Å². The number of H-pyrrole nitrogens is 1. The molecule has 0 spiro atoms. The lowest BCUT2D eigenvalue weighted by atomic mass is 10.1. The quantitative estimate of drug-likeness (QED) is 0.716. The van der Waals surface area contributed by atoms with Crippen LogP contribution >= 0.6 is 0 Å². The Morgan fingerprint density at radius 2 is 2.19 bits per heavy atom. The minimum Gasteiger partial charge on any atom is -0.497 e. The number of fused-ring (bicyclic) bond motifs is 1. The minimum absolute atomic E-state index is 0.269. The van der Waals surface area contributed by atoms with E-state index in [1.807, 2.05) is 30.5 Å². The molecule has 1 aromatic carbocycles. The Balaban J connectivity index is 1.40. The Morgan fingerprint density at radius 3 is 3.00 bits per heavy atom. The van der Waals surface area contributed by atoms with Gasteiger partial charge in [-0.2, -0.15) is 0 Å². The molecule has 1 atom stereocenters. The normalized spacial score (nSPS) is 18.1. The summed E-state index contributed by atoms with van der Waals surface area (Å²) in [5, 5.41) is 1.24. The molecule has 0 bridgehead atoms. The van der Waals surface area contributed by atoms with Crippen LogP contribution in [0.2, 0.25) is 0 Å². The van der Waals surface area contributed by atoms with Gasteiger partial charge in [-0.05, 0) is 62.2 Å². The van der Waals surface area contributed by atoms with Gasteiger partial charge in [0.05, 0.1) is 25.5 Å². The average molecular weight is 365 g/mol. The smallest absolute Gasteiger partial charge is 0.119 e. The number of aryl methyl sites for hydroxylation is 1. The third-order valence-electron chi connectivity index (χ3n) is 5.41. The molecule has 27 heavy (non-hydrogen) atoms. The summed E-state index contributed by atoms with van der Waals surface area (Å²) in [6.07, 6.45) is 4.37. The fourth-order valence-corrected chi connectivity index (χ4v) is 3.85. The van der Waals surface area contributed by atoms with Gasteiger partial charge >= 0.3 is 0 Å². The minimum atomic E-state index is 0.269. The lowest BCUT2D eigenvalue weighted by Gasteiger charge is -2.32. The Bertz CT molecular complexity index is 891. The molecule has 0 radical (unpaired) electrons. The number of hydrogen-bond donors (Lipinski definition) is 1. The lowest BCUT2D eigenvalue weighted by Crippen LogP contribution is -2.39. The number of nitrogens with one attached hydrogen (secondary N) is 1. The number of rotatable bonds is 6. The van der Waals surface area contributed by atoms with Gasteiger partial charge in [-0.1, -0.05) is 6.07 Å². The summed E-state index contributed by atoms with van der Waals surface area (Å²) in [6.45, 7) is 5.77. The standard InChI is InChI=1S/C22H27N3O2/c1-16-20-12-18(26-2)8-9-21(20)24-22(16)14-25-11-5-7-19(13-25)27-15-17-6-3-4-10-23-17/h3-4,6,8-10,12,19,24H,5,7,11,13-15H2,1-2H3/t19-/m0/s1. The van der Waals surface area contributed by atoms with Crippen LogP contribution in [0.4, 0.5) is 0 Å². The maximum Gasteiger partial charge on any atom is 0.119 e. The molecular formula is C22H27N3O2. The molecule has 0 amide bonds. The van der Waals surface area contributed by atoms with E-state index in [0.29, 0.717) is 6.61 Å². The first-order valence-electron chi connectivity index (χ1n) is 9.62. The maximum absolute atomic E-state index is 6.13. The highest BCUT2D eigenvalue weighted by atomic mass is 16.5. The van der Waals surface area contributed by atoms with E-state index in [0.717, 1.165) is 37.5 Å². The van der Waals surface area contributed by atoms with Gasteiger partial charge in [-0.25, -0.2) is 0 Å². The van der Waals surface area contributed by atoms with Crippen molar-refractivity contribution in [2.24, 2.45) is 0 Å². The number of hydrogen-bond acceptors (Lipinski definition) is 4. The number of nitrogens with zero attached hydrogens (tertiary/aromatic N) is 2. The van der Waals surface area contributed by atoms with Gasteiger partial charge in [0.1, 0.15) is 5.75 Å². The highest BCUT2D eigenvalue weighted by Crippen LogP contribution is 2.27. The summed E-state index contributed by atoms with van der Waals surface area (Å²) < 4.78 is 11.5. The first-order valence-corrected chi connectivity index (χ1v) is 9.62. The van der Waals surface area contributed by atoms with Crippen LogP contribution in [0.1, 0.15) is 29.8 Å². The molecule has 4 rings (SSSR count). The number of pyridine rings is 1. The Morgan fingerprint density at radius 1 is 1.26 bits per heavy atom. The second-order valence-corrected chi connectivity index (χ2v) is 7.27. The van der Waals surface area contributed by atoms with Crippen LogP contribution in [-0.2, 0) is 17.9 Å². The molecule has 0 aliphatic carbocycles. The largest absolute Gasteiger partial charge is 0.497 e. The van der Waals surface area contributed by atoms with Crippen molar-refractivity contribution < 1.29 is 9.47 Å². The molecule has 3 heterocycles. The second-order valence-electron chi connectivity index (χ2n) is 7.27. The topological polar surface area (TPSA) is 50.4 Å². The summed E-state index contributed by atoms with van der Waals surface area (Å²) in [7, 11) is 1.71. The van der Waals surface area contributed by atoms with Crippen LogP contribution in [0.3, 0.4) is 0 Å². The van der Waals surface area contributed by atoms with Gasteiger partial charge in [0.15, 0.2) is 0 Å². The average Bonchev–Trinajstić information content (AvgIpc) is 3.02. The van der Waals surface area contributed by atoms with E-state index < -0.39 is 0 Å². The van der Waals surface area contributed by atoms with Gasteiger partial charge in [0.25, 0.3) is 0 Å². The number of aromatic amines is 1. The van der Waals surface area contributed by atoms with Gasteiger partial charge in [0.2, 0.25) is 0 Å². The number of likely N-dealkylation sites (tertiary alicyclic amines) is 1. The van der Waals surface area contributed by atoms with Gasteiger partial charge < -0.3 is 14.5 Å². The molecule has 0 saturated carbocycles. The van der Waals surface area contributed by atoms with Gasteiger partial charge in [-0.15, -0.1) is 0 Å². The Kier molecular flexibility index (Phi) is 5.41. The molecule has 5 nitrogen and oxygen atoms in total. The number of aromatic nitrogens is 2.